The number of amides is 3. The van der Waals surface area contributed by atoms with Crippen LogP contribution in [0.5, 0.6) is 0 Å². The largest absolute Gasteiger partial charge is 0.331 e. The van der Waals surface area contributed by atoms with Crippen LogP contribution < -0.4 is 5.32 Å². The number of nitrogens with one attached hydrogen (secondary N) is 1. The van der Waals surface area contributed by atoms with Crippen molar-refractivity contribution in [1.82, 2.24) is 15.2 Å². The summed E-state index contributed by atoms with van der Waals surface area (Å²) in [5.41, 5.74) is 2.12. The highest BCUT2D eigenvalue weighted by Gasteiger charge is 2.47. The number of β-lactam (4-membered cyclic amide) rings is 1. The van der Waals surface area contributed by atoms with Crippen LogP contribution >= 0.6 is 0 Å². The highest BCUT2D eigenvalue weighted by atomic mass is 16.2. The minimum Gasteiger partial charge on any atom is -0.331 e. The summed E-state index contributed by atoms with van der Waals surface area (Å²) in [6.45, 7) is 3.90. The van der Waals surface area contributed by atoms with Gasteiger partial charge in [-0.3, -0.25) is 14.7 Å². The third kappa shape index (κ3) is 3.55. The molecule has 1 aliphatic rings. The number of imide groups is 1. The van der Waals surface area contributed by atoms with E-state index in [1.807, 2.05) is 56.3 Å². The van der Waals surface area contributed by atoms with Crippen molar-refractivity contribution in [2.45, 2.75) is 38.8 Å². The summed E-state index contributed by atoms with van der Waals surface area (Å²) in [6.07, 6.45) is 4.85. The molecule has 1 aliphatic heterocycles. The first kappa shape index (κ1) is 17.1. The zero-order valence-corrected chi connectivity index (χ0v) is 14.6. The Morgan fingerprint density at radius 3 is 2.52 bits per heavy atom. The van der Waals surface area contributed by atoms with Crippen molar-refractivity contribution in [3.05, 3.63) is 66.0 Å². The molecule has 1 fully saturated rings. The first-order chi connectivity index (χ1) is 12.1. The number of carbonyl (C=O) groups is 2. The van der Waals surface area contributed by atoms with E-state index >= 15 is 0 Å². The Kier molecular flexibility index (Phi) is 5.12. The summed E-state index contributed by atoms with van der Waals surface area (Å²) in [4.78, 5) is 30.4. The molecule has 0 bridgehead atoms. The normalized spacial score (nSPS) is 20.7. The van der Waals surface area contributed by atoms with Crippen LogP contribution in [0.2, 0.25) is 0 Å². The third-order valence-electron chi connectivity index (χ3n) is 4.86. The Hall–Kier alpha value is -2.69. The molecule has 0 spiro atoms. The molecular weight excluding hydrogens is 314 g/mol. The Morgan fingerprint density at radius 1 is 1.20 bits per heavy atom. The Balaban J connectivity index is 1.70. The smallest absolute Gasteiger partial charge is 0.324 e. The van der Waals surface area contributed by atoms with Crippen molar-refractivity contribution in [2.75, 3.05) is 0 Å². The number of urea groups is 1. The molecule has 0 aliphatic carbocycles. The molecule has 0 radical (unpaired) electrons. The topological polar surface area (TPSA) is 62.3 Å². The Bertz CT molecular complexity index is 733. The van der Waals surface area contributed by atoms with E-state index in [0.717, 1.165) is 17.5 Å². The minimum absolute atomic E-state index is 0.0927. The van der Waals surface area contributed by atoms with Crippen LogP contribution in [0.3, 0.4) is 0 Å². The van der Waals surface area contributed by atoms with Gasteiger partial charge < -0.3 is 5.32 Å². The van der Waals surface area contributed by atoms with Gasteiger partial charge in [-0.1, -0.05) is 44.2 Å². The molecule has 2 aromatic rings. The molecular formula is C20H23N3O2. The third-order valence-corrected chi connectivity index (χ3v) is 4.86. The van der Waals surface area contributed by atoms with Crippen LogP contribution in [0.1, 0.15) is 37.4 Å². The second-order valence-electron chi connectivity index (χ2n) is 6.44. The zero-order valence-electron chi connectivity index (χ0n) is 14.6. The first-order valence-electron chi connectivity index (χ1n) is 8.69. The van der Waals surface area contributed by atoms with Gasteiger partial charge in [-0.15, -0.1) is 0 Å². The molecule has 1 aromatic heterocycles. The lowest BCUT2D eigenvalue weighted by Gasteiger charge is -2.44. The van der Waals surface area contributed by atoms with Gasteiger partial charge in [-0.25, -0.2) is 4.79 Å². The fourth-order valence-electron chi connectivity index (χ4n) is 3.30. The molecule has 1 aromatic carbocycles. The molecule has 1 unspecified atom stereocenters. The van der Waals surface area contributed by atoms with Crippen LogP contribution in [0.25, 0.3) is 0 Å². The lowest BCUT2D eigenvalue weighted by molar-refractivity contribution is -0.148. The summed E-state index contributed by atoms with van der Waals surface area (Å²) in [5.74, 6) is -0.241. The van der Waals surface area contributed by atoms with Crippen molar-refractivity contribution in [3.8, 4) is 0 Å². The maximum atomic E-state index is 12.7. The minimum atomic E-state index is -0.312. The lowest BCUT2D eigenvalue weighted by Crippen LogP contribution is -2.65. The van der Waals surface area contributed by atoms with Crippen LogP contribution in [-0.2, 0) is 11.2 Å². The maximum absolute atomic E-state index is 12.7. The molecule has 2 heterocycles. The standard InChI is InChI=1S/C20H23N3O2/c1-3-17(16-9-11-21-12-10-16)22-20(25)23-18(14(2)19(23)24)13-15-7-5-4-6-8-15/h4-12,14,17-18H,3,13H2,1-2H3,(H,22,25)/t14-,17?,18-/m0/s1. The van der Waals surface area contributed by atoms with Gasteiger partial charge in [0, 0.05) is 12.4 Å². The second kappa shape index (κ2) is 7.47. The molecule has 130 valence electrons. The summed E-state index contributed by atoms with van der Waals surface area (Å²) < 4.78 is 0. The summed E-state index contributed by atoms with van der Waals surface area (Å²) in [6, 6.07) is 13.2. The SMILES string of the molecule is CCC(NC(=O)N1C(=O)[C@@H](C)[C@@H]1Cc1ccccc1)c1ccncc1. The molecule has 0 saturated carbocycles. The number of hydrogen-bond acceptors (Lipinski definition) is 3. The molecule has 3 atom stereocenters. The van der Waals surface area contributed by atoms with Crippen LogP contribution in [0.4, 0.5) is 4.79 Å². The number of nitrogens with zero attached hydrogens (tertiary/aromatic N) is 2. The first-order valence-corrected chi connectivity index (χ1v) is 8.69. The number of benzene rings is 1. The highest BCUT2D eigenvalue weighted by molar-refractivity contribution is 6.01. The number of hydrogen-bond donors (Lipinski definition) is 1. The number of rotatable bonds is 5. The van der Waals surface area contributed by atoms with E-state index < -0.39 is 0 Å². The average Bonchev–Trinajstić information content (AvgIpc) is 2.66. The van der Waals surface area contributed by atoms with E-state index in [0.29, 0.717) is 6.42 Å². The molecule has 25 heavy (non-hydrogen) atoms. The molecule has 3 amide bonds. The van der Waals surface area contributed by atoms with E-state index in [2.05, 4.69) is 10.3 Å². The van der Waals surface area contributed by atoms with Crippen LogP contribution in [-0.4, -0.2) is 27.9 Å². The molecule has 1 saturated heterocycles. The summed E-state index contributed by atoms with van der Waals surface area (Å²) >= 11 is 0. The van der Waals surface area contributed by atoms with Crippen molar-refractivity contribution in [1.29, 1.82) is 0 Å². The Morgan fingerprint density at radius 2 is 1.88 bits per heavy atom. The number of pyridine rings is 1. The van der Waals surface area contributed by atoms with E-state index in [4.69, 9.17) is 0 Å². The van der Waals surface area contributed by atoms with Gasteiger partial charge in [0.1, 0.15) is 0 Å². The predicted octanol–water partition coefficient (Wildman–Crippen LogP) is 3.33. The van der Waals surface area contributed by atoms with Crippen molar-refractivity contribution in [3.63, 3.8) is 0 Å². The van der Waals surface area contributed by atoms with Crippen molar-refractivity contribution >= 4 is 11.9 Å². The fourth-order valence-corrected chi connectivity index (χ4v) is 3.30. The van der Waals surface area contributed by atoms with E-state index in [1.165, 1.54) is 4.90 Å². The number of aromatic nitrogens is 1. The van der Waals surface area contributed by atoms with Gasteiger partial charge in [0.2, 0.25) is 5.91 Å². The monoisotopic (exact) mass is 337 g/mol. The van der Waals surface area contributed by atoms with Gasteiger partial charge in [0.25, 0.3) is 0 Å². The summed E-state index contributed by atoms with van der Waals surface area (Å²) in [5, 5.41) is 2.99. The average molecular weight is 337 g/mol. The van der Waals surface area contributed by atoms with E-state index in [9.17, 15) is 9.59 Å². The maximum Gasteiger partial charge on any atom is 0.324 e. The highest BCUT2D eigenvalue weighted by Crippen LogP contribution is 2.30. The van der Waals surface area contributed by atoms with Crippen molar-refractivity contribution < 1.29 is 9.59 Å². The number of carbonyl (C=O) groups excluding carboxylic acids is 2. The quantitative estimate of drug-likeness (QED) is 0.851. The van der Waals surface area contributed by atoms with Gasteiger partial charge in [-0.2, -0.15) is 0 Å². The molecule has 5 nitrogen and oxygen atoms in total. The second-order valence-corrected chi connectivity index (χ2v) is 6.44. The van der Waals surface area contributed by atoms with Gasteiger partial charge in [-0.05, 0) is 36.1 Å². The summed E-state index contributed by atoms with van der Waals surface area (Å²) in [7, 11) is 0. The van der Waals surface area contributed by atoms with Crippen LogP contribution in [0, 0.1) is 5.92 Å². The molecule has 5 heteroatoms. The fraction of sp³-hybridized carbons (Fsp3) is 0.350. The number of likely N-dealkylation sites (tertiary alicyclic amines) is 1. The van der Waals surface area contributed by atoms with E-state index in [-0.39, 0.29) is 29.9 Å². The van der Waals surface area contributed by atoms with Gasteiger partial charge in [0.05, 0.1) is 18.0 Å². The van der Waals surface area contributed by atoms with Gasteiger partial charge >= 0.3 is 6.03 Å². The van der Waals surface area contributed by atoms with Crippen LogP contribution in [0.15, 0.2) is 54.9 Å². The van der Waals surface area contributed by atoms with Crippen molar-refractivity contribution in [2.24, 2.45) is 5.92 Å². The van der Waals surface area contributed by atoms with E-state index in [1.54, 1.807) is 12.4 Å². The predicted molar refractivity (Wildman–Crippen MR) is 95.7 cm³/mol. The zero-order chi connectivity index (χ0) is 17.8. The van der Waals surface area contributed by atoms with Gasteiger partial charge in [0.15, 0.2) is 0 Å². The molecule has 3 rings (SSSR count). The Labute approximate surface area is 148 Å². The molecule has 1 N–H and O–H groups in total. The lowest BCUT2D eigenvalue weighted by atomic mass is 9.85.